The zero-order chi connectivity index (χ0) is 15.7. The Morgan fingerprint density at radius 2 is 2.36 bits per heavy atom. The van der Waals surface area contributed by atoms with Crippen LogP contribution in [-0.4, -0.2) is 40.7 Å². The second-order valence-electron chi connectivity index (χ2n) is 5.63. The molecule has 0 spiro atoms. The van der Waals surface area contributed by atoms with Crippen molar-refractivity contribution in [3.63, 3.8) is 0 Å². The third kappa shape index (κ3) is 2.69. The van der Waals surface area contributed by atoms with Crippen molar-refractivity contribution in [2.45, 2.75) is 26.0 Å². The standard InChI is InChI=1S/C16H20N4O2/c1-11(21)16(22)19(2)14-4-3-12-5-6-20(15(12)7-14)9-13-8-17-10-18-13/h3-4,7-8,10-11,21H,5-6,9H2,1-2H3,(H,17,18)/t11-/m0/s1. The van der Waals surface area contributed by atoms with Crippen LogP contribution in [0.3, 0.4) is 0 Å². The summed E-state index contributed by atoms with van der Waals surface area (Å²) in [7, 11) is 1.69. The zero-order valence-corrected chi connectivity index (χ0v) is 12.8. The SMILES string of the molecule is C[C@H](O)C(=O)N(C)c1ccc2c(c1)N(Cc1cnc[nH]1)CC2. The van der Waals surface area contributed by atoms with E-state index >= 15 is 0 Å². The number of aliphatic hydroxyl groups is 1. The molecule has 6 heteroatoms. The second-order valence-corrected chi connectivity index (χ2v) is 5.63. The first-order chi connectivity index (χ1) is 10.6. The number of likely N-dealkylation sites (N-methyl/N-ethyl adjacent to an activating group) is 1. The normalized spacial score (nSPS) is 14.8. The minimum absolute atomic E-state index is 0.307. The summed E-state index contributed by atoms with van der Waals surface area (Å²) >= 11 is 0. The summed E-state index contributed by atoms with van der Waals surface area (Å²) in [6, 6.07) is 6.00. The monoisotopic (exact) mass is 300 g/mol. The number of hydrogen-bond donors (Lipinski definition) is 2. The van der Waals surface area contributed by atoms with Crippen LogP contribution >= 0.6 is 0 Å². The van der Waals surface area contributed by atoms with Crippen molar-refractivity contribution in [2.24, 2.45) is 0 Å². The van der Waals surface area contributed by atoms with Crippen LogP contribution in [0.4, 0.5) is 11.4 Å². The van der Waals surface area contributed by atoms with E-state index in [2.05, 4.69) is 20.9 Å². The number of carbonyl (C=O) groups excluding carboxylic acids is 1. The highest BCUT2D eigenvalue weighted by Gasteiger charge is 2.22. The van der Waals surface area contributed by atoms with Gasteiger partial charge in [-0.05, 0) is 31.0 Å². The molecule has 2 heterocycles. The Morgan fingerprint density at radius 1 is 1.55 bits per heavy atom. The van der Waals surface area contributed by atoms with Crippen molar-refractivity contribution in [3.05, 3.63) is 42.0 Å². The minimum atomic E-state index is -1.00. The van der Waals surface area contributed by atoms with Gasteiger partial charge in [0.05, 0.1) is 18.6 Å². The van der Waals surface area contributed by atoms with Crippen LogP contribution in [0.25, 0.3) is 0 Å². The lowest BCUT2D eigenvalue weighted by Crippen LogP contribution is -2.34. The summed E-state index contributed by atoms with van der Waals surface area (Å²) < 4.78 is 0. The van der Waals surface area contributed by atoms with Crippen molar-refractivity contribution >= 4 is 17.3 Å². The van der Waals surface area contributed by atoms with Gasteiger partial charge in [0, 0.05) is 31.2 Å². The van der Waals surface area contributed by atoms with Gasteiger partial charge in [0.15, 0.2) is 0 Å². The Morgan fingerprint density at radius 3 is 3.05 bits per heavy atom. The van der Waals surface area contributed by atoms with Crippen molar-refractivity contribution in [3.8, 4) is 0 Å². The first kappa shape index (κ1) is 14.6. The summed E-state index contributed by atoms with van der Waals surface area (Å²) in [5.74, 6) is -0.307. The fraction of sp³-hybridized carbons (Fsp3) is 0.375. The molecule has 22 heavy (non-hydrogen) atoms. The van der Waals surface area contributed by atoms with Gasteiger partial charge in [0.1, 0.15) is 6.10 Å². The van der Waals surface area contributed by atoms with Crippen LogP contribution in [0.1, 0.15) is 18.2 Å². The lowest BCUT2D eigenvalue weighted by atomic mass is 10.1. The van der Waals surface area contributed by atoms with E-state index in [0.29, 0.717) is 0 Å². The molecule has 1 amide bonds. The largest absolute Gasteiger partial charge is 0.384 e. The quantitative estimate of drug-likeness (QED) is 0.893. The number of aromatic amines is 1. The lowest BCUT2D eigenvalue weighted by molar-refractivity contribution is -0.125. The van der Waals surface area contributed by atoms with Crippen LogP contribution in [-0.2, 0) is 17.8 Å². The Labute approximate surface area is 129 Å². The summed E-state index contributed by atoms with van der Waals surface area (Å²) in [6.45, 7) is 3.20. The van der Waals surface area contributed by atoms with Crippen LogP contribution in [0.5, 0.6) is 0 Å². The van der Waals surface area contributed by atoms with E-state index in [1.54, 1.807) is 13.4 Å². The molecule has 1 aliphatic heterocycles. The number of fused-ring (bicyclic) bond motifs is 1. The number of carbonyl (C=O) groups is 1. The van der Waals surface area contributed by atoms with E-state index in [0.717, 1.165) is 36.6 Å². The first-order valence-corrected chi connectivity index (χ1v) is 7.37. The second kappa shape index (κ2) is 5.81. The maximum Gasteiger partial charge on any atom is 0.255 e. The molecule has 6 nitrogen and oxygen atoms in total. The Hall–Kier alpha value is -2.34. The number of H-pyrrole nitrogens is 1. The average molecular weight is 300 g/mol. The Balaban J connectivity index is 1.84. The minimum Gasteiger partial charge on any atom is -0.384 e. The third-order valence-electron chi connectivity index (χ3n) is 4.05. The Kier molecular flexibility index (Phi) is 3.85. The van der Waals surface area contributed by atoms with Crippen molar-refractivity contribution in [1.82, 2.24) is 9.97 Å². The summed E-state index contributed by atoms with van der Waals surface area (Å²) in [5.41, 5.74) is 4.27. The predicted molar refractivity (Wildman–Crippen MR) is 84.9 cm³/mol. The van der Waals surface area contributed by atoms with Crippen LogP contribution in [0.2, 0.25) is 0 Å². The van der Waals surface area contributed by atoms with Gasteiger partial charge >= 0.3 is 0 Å². The molecule has 0 unspecified atom stereocenters. The number of benzene rings is 1. The van der Waals surface area contributed by atoms with Crippen molar-refractivity contribution in [1.29, 1.82) is 0 Å². The van der Waals surface area contributed by atoms with E-state index in [-0.39, 0.29) is 5.91 Å². The molecule has 0 fully saturated rings. The van der Waals surface area contributed by atoms with Crippen molar-refractivity contribution in [2.75, 3.05) is 23.4 Å². The number of nitrogens with zero attached hydrogens (tertiary/aromatic N) is 3. The highest BCUT2D eigenvalue weighted by Crippen LogP contribution is 2.32. The number of aliphatic hydroxyl groups excluding tert-OH is 1. The van der Waals surface area contributed by atoms with E-state index < -0.39 is 6.10 Å². The molecule has 116 valence electrons. The van der Waals surface area contributed by atoms with Gasteiger partial charge in [0.2, 0.25) is 0 Å². The van der Waals surface area contributed by atoms with Gasteiger partial charge in [0.25, 0.3) is 5.91 Å². The van der Waals surface area contributed by atoms with Gasteiger partial charge in [-0.1, -0.05) is 6.07 Å². The third-order valence-corrected chi connectivity index (χ3v) is 4.05. The maximum absolute atomic E-state index is 11.9. The lowest BCUT2D eigenvalue weighted by Gasteiger charge is -2.23. The Bertz CT molecular complexity index is 667. The van der Waals surface area contributed by atoms with Gasteiger partial charge in [-0.15, -0.1) is 0 Å². The maximum atomic E-state index is 11.9. The summed E-state index contributed by atoms with van der Waals surface area (Å²) in [5, 5.41) is 9.46. The van der Waals surface area contributed by atoms with Gasteiger partial charge in [-0.25, -0.2) is 4.98 Å². The molecule has 0 saturated heterocycles. The van der Waals surface area contributed by atoms with E-state index in [4.69, 9.17) is 0 Å². The topological polar surface area (TPSA) is 72.5 Å². The fourth-order valence-corrected chi connectivity index (χ4v) is 2.79. The van der Waals surface area contributed by atoms with E-state index in [1.807, 2.05) is 18.3 Å². The molecule has 1 aliphatic rings. The molecule has 0 aliphatic carbocycles. The molecule has 0 radical (unpaired) electrons. The number of hydrogen-bond acceptors (Lipinski definition) is 4. The average Bonchev–Trinajstić information content (AvgIpc) is 3.16. The number of aromatic nitrogens is 2. The molecule has 2 aromatic rings. The number of anilines is 2. The zero-order valence-electron chi connectivity index (χ0n) is 12.8. The molecule has 2 N–H and O–H groups in total. The molecule has 3 rings (SSSR count). The van der Waals surface area contributed by atoms with Gasteiger partial charge < -0.3 is 19.9 Å². The molecule has 1 atom stereocenters. The first-order valence-electron chi connectivity index (χ1n) is 7.37. The van der Waals surface area contributed by atoms with E-state index in [9.17, 15) is 9.90 Å². The molecule has 1 aromatic heterocycles. The summed E-state index contributed by atoms with van der Waals surface area (Å²) in [4.78, 5) is 22.9. The van der Waals surface area contributed by atoms with Gasteiger partial charge in [-0.2, -0.15) is 0 Å². The number of imidazole rings is 1. The summed E-state index contributed by atoms with van der Waals surface area (Å²) in [6.07, 6.45) is 3.50. The molecule has 0 bridgehead atoms. The van der Waals surface area contributed by atoms with Crippen LogP contribution < -0.4 is 9.80 Å². The molecule has 1 aromatic carbocycles. The smallest absolute Gasteiger partial charge is 0.255 e. The van der Waals surface area contributed by atoms with Gasteiger partial charge in [-0.3, -0.25) is 4.79 Å². The van der Waals surface area contributed by atoms with Crippen molar-refractivity contribution < 1.29 is 9.90 Å². The molecule has 0 saturated carbocycles. The van der Waals surface area contributed by atoms with Crippen LogP contribution in [0.15, 0.2) is 30.7 Å². The highest BCUT2D eigenvalue weighted by molar-refractivity contribution is 5.96. The number of rotatable bonds is 4. The number of nitrogens with one attached hydrogen (secondary N) is 1. The molecular formula is C16H20N4O2. The highest BCUT2D eigenvalue weighted by atomic mass is 16.3. The van der Waals surface area contributed by atoms with Crippen LogP contribution in [0, 0.1) is 0 Å². The predicted octanol–water partition coefficient (Wildman–Crippen LogP) is 1.32. The number of amides is 1. The fourth-order valence-electron chi connectivity index (χ4n) is 2.79. The van der Waals surface area contributed by atoms with E-state index in [1.165, 1.54) is 17.4 Å². The molecular weight excluding hydrogens is 280 g/mol.